The molecular weight excluding hydrogens is 416 g/mol. The van der Waals surface area contributed by atoms with Gasteiger partial charge >= 0.3 is 0 Å². The predicted molar refractivity (Wildman–Crippen MR) is 125 cm³/mol. The zero-order valence-electron chi connectivity index (χ0n) is 18.5. The van der Waals surface area contributed by atoms with Gasteiger partial charge in [-0.1, -0.05) is 48.5 Å². The Kier molecular flexibility index (Phi) is 5.86. The van der Waals surface area contributed by atoms with Gasteiger partial charge in [0.2, 0.25) is 17.7 Å². The van der Waals surface area contributed by atoms with Gasteiger partial charge in [-0.05, 0) is 30.0 Å². The van der Waals surface area contributed by atoms with Crippen molar-refractivity contribution in [2.45, 2.75) is 37.8 Å². The number of piperazine rings is 1. The number of nitrogens with zero attached hydrogens (tertiary/aromatic N) is 2. The maximum Gasteiger partial charge on any atom is 0.245 e. The topological polar surface area (TPSA) is 85.5 Å². The van der Waals surface area contributed by atoms with Crippen LogP contribution in [-0.4, -0.2) is 64.2 Å². The number of amides is 3. The molecule has 2 aliphatic heterocycles. The van der Waals surface area contributed by atoms with Gasteiger partial charge in [0.15, 0.2) is 0 Å². The molecule has 2 saturated heterocycles. The van der Waals surface area contributed by atoms with E-state index in [0.29, 0.717) is 38.9 Å². The second kappa shape index (κ2) is 9.10. The van der Waals surface area contributed by atoms with Gasteiger partial charge in [0.25, 0.3) is 0 Å². The van der Waals surface area contributed by atoms with Crippen molar-refractivity contribution in [2.75, 3.05) is 19.6 Å². The van der Waals surface area contributed by atoms with Gasteiger partial charge in [-0.3, -0.25) is 14.4 Å². The number of aromatic nitrogens is 1. The molecule has 2 aliphatic rings. The van der Waals surface area contributed by atoms with Crippen LogP contribution in [0.1, 0.15) is 24.0 Å². The van der Waals surface area contributed by atoms with Gasteiger partial charge in [0.1, 0.15) is 12.1 Å². The average Bonchev–Trinajstić information content (AvgIpc) is 3.46. The van der Waals surface area contributed by atoms with Gasteiger partial charge in [-0.25, -0.2) is 0 Å². The molecule has 5 rings (SSSR count). The van der Waals surface area contributed by atoms with Crippen LogP contribution in [0.25, 0.3) is 10.9 Å². The molecule has 0 bridgehead atoms. The Morgan fingerprint density at radius 1 is 1.00 bits per heavy atom. The predicted octanol–water partition coefficient (Wildman–Crippen LogP) is 2.27. The monoisotopic (exact) mass is 444 g/mol. The quantitative estimate of drug-likeness (QED) is 0.612. The summed E-state index contributed by atoms with van der Waals surface area (Å²) in [7, 11) is 0. The van der Waals surface area contributed by atoms with E-state index in [1.54, 1.807) is 4.90 Å². The van der Waals surface area contributed by atoms with Crippen LogP contribution in [0.5, 0.6) is 0 Å². The fourth-order valence-electron chi connectivity index (χ4n) is 4.94. The molecule has 2 unspecified atom stereocenters. The van der Waals surface area contributed by atoms with Crippen molar-refractivity contribution in [2.24, 2.45) is 0 Å². The molecule has 3 amide bonds. The summed E-state index contributed by atoms with van der Waals surface area (Å²) in [5.41, 5.74) is 3.21. The molecule has 0 saturated carbocycles. The van der Waals surface area contributed by atoms with E-state index in [9.17, 15) is 14.4 Å². The van der Waals surface area contributed by atoms with Crippen LogP contribution in [0.4, 0.5) is 0 Å². The third-order valence-corrected chi connectivity index (χ3v) is 6.76. The molecule has 0 radical (unpaired) electrons. The molecule has 170 valence electrons. The fraction of sp³-hybridized carbons (Fsp3) is 0.346. The second-order valence-electron chi connectivity index (χ2n) is 8.83. The lowest BCUT2D eigenvalue weighted by Crippen LogP contribution is -2.62. The largest absolute Gasteiger partial charge is 0.361 e. The van der Waals surface area contributed by atoms with E-state index in [2.05, 4.69) is 22.4 Å². The van der Waals surface area contributed by atoms with Crippen LogP contribution >= 0.6 is 0 Å². The number of benzene rings is 2. The Labute approximate surface area is 192 Å². The molecule has 2 aromatic carbocycles. The summed E-state index contributed by atoms with van der Waals surface area (Å²) < 4.78 is 0. The summed E-state index contributed by atoms with van der Waals surface area (Å²) in [5.74, 6) is -0.281. The van der Waals surface area contributed by atoms with Crippen LogP contribution in [0.3, 0.4) is 0 Å². The summed E-state index contributed by atoms with van der Waals surface area (Å²) in [6.07, 6.45) is 3.99. The highest BCUT2D eigenvalue weighted by molar-refractivity contribution is 5.95. The first-order valence-corrected chi connectivity index (χ1v) is 11.6. The van der Waals surface area contributed by atoms with Crippen LogP contribution in [0.15, 0.2) is 60.8 Å². The SMILES string of the molecule is O=C1CCC(C(=O)N2CCN(CCc3ccccc3)C(=O)C2Cc2c[nH]c3ccccc23)N1. The van der Waals surface area contributed by atoms with E-state index < -0.39 is 12.1 Å². The fourth-order valence-corrected chi connectivity index (χ4v) is 4.94. The third kappa shape index (κ3) is 4.35. The number of hydrogen-bond donors (Lipinski definition) is 2. The maximum absolute atomic E-state index is 13.6. The van der Waals surface area contributed by atoms with E-state index in [0.717, 1.165) is 22.9 Å². The first-order chi connectivity index (χ1) is 16.1. The van der Waals surface area contributed by atoms with Gasteiger partial charge < -0.3 is 20.1 Å². The average molecular weight is 445 g/mol. The molecule has 2 atom stereocenters. The Hall–Kier alpha value is -3.61. The lowest BCUT2D eigenvalue weighted by atomic mass is 9.99. The van der Waals surface area contributed by atoms with Crippen molar-refractivity contribution in [3.8, 4) is 0 Å². The van der Waals surface area contributed by atoms with Crippen molar-refractivity contribution in [3.05, 3.63) is 71.9 Å². The highest BCUT2D eigenvalue weighted by atomic mass is 16.2. The highest BCUT2D eigenvalue weighted by Gasteiger charge is 2.41. The van der Waals surface area contributed by atoms with Crippen molar-refractivity contribution >= 4 is 28.6 Å². The standard InChI is InChI=1S/C26H28N4O3/c31-24-11-10-22(28-24)25(32)30-15-14-29(13-12-18-6-2-1-3-7-18)26(33)23(30)16-19-17-27-21-9-5-4-8-20(19)21/h1-9,17,22-23,27H,10-16H2,(H,28,31). The van der Waals surface area contributed by atoms with E-state index in [1.807, 2.05) is 53.6 Å². The van der Waals surface area contributed by atoms with Gasteiger partial charge in [-0.15, -0.1) is 0 Å². The molecule has 7 nitrogen and oxygen atoms in total. The molecule has 2 fully saturated rings. The molecule has 2 N–H and O–H groups in total. The summed E-state index contributed by atoms with van der Waals surface area (Å²) in [4.78, 5) is 45.5. The number of carbonyl (C=O) groups excluding carboxylic acids is 3. The lowest BCUT2D eigenvalue weighted by Gasteiger charge is -2.41. The number of aromatic amines is 1. The summed E-state index contributed by atoms with van der Waals surface area (Å²) in [5, 5.41) is 3.83. The summed E-state index contributed by atoms with van der Waals surface area (Å²) in [6.45, 7) is 1.59. The highest BCUT2D eigenvalue weighted by Crippen LogP contribution is 2.24. The Morgan fingerprint density at radius 2 is 1.79 bits per heavy atom. The van der Waals surface area contributed by atoms with Crippen LogP contribution in [0, 0.1) is 0 Å². The molecular formula is C26H28N4O3. The number of nitrogens with one attached hydrogen (secondary N) is 2. The van der Waals surface area contributed by atoms with Crippen LogP contribution < -0.4 is 5.32 Å². The molecule has 0 aliphatic carbocycles. The van der Waals surface area contributed by atoms with E-state index in [-0.39, 0.29) is 17.7 Å². The van der Waals surface area contributed by atoms with Crippen LogP contribution in [-0.2, 0) is 27.2 Å². The number of hydrogen-bond acceptors (Lipinski definition) is 3. The Balaban J connectivity index is 1.38. The first-order valence-electron chi connectivity index (χ1n) is 11.6. The minimum absolute atomic E-state index is 0.0277. The van der Waals surface area contributed by atoms with Crippen molar-refractivity contribution in [1.29, 1.82) is 0 Å². The maximum atomic E-state index is 13.6. The summed E-state index contributed by atoms with van der Waals surface area (Å²) in [6, 6.07) is 17.0. The molecule has 7 heteroatoms. The number of rotatable bonds is 6. The number of H-pyrrole nitrogens is 1. The molecule has 3 heterocycles. The zero-order valence-corrected chi connectivity index (χ0v) is 18.5. The molecule has 0 spiro atoms. The first kappa shape index (κ1) is 21.2. The minimum atomic E-state index is -0.585. The minimum Gasteiger partial charge on any atom is -0.361 e. The smallest absolute Gasteiger partial charge is 0.245 e. The van der Waals surface area contributed by atoms with Gasteiger partial charge in [-0.2, -0.15) is 0 Å². The Morgan fingerprint density at radius 3 is 2.58 bits per heavy atom. The van der Waals surface area contributed by atoms with Gasteiger partial charge in [0.05, 0.1) is 0 Å². The lowest BCUT2D eigenvalue weighted by molar-refractivity contribution is -0.152. The summed E-state index contributed by atoms with van der Waals surface area (Å²) >= 11 is 0. The van der Waals surface area contributed by atoms with Crippen molar-refractivity contribution in [3.63, 3.8) is 0 Å². The zero-order chi connectivity index (χ0) is 22.8. The molecule has 33 heavy (non-hydrogen) atoms. The Bertz CT molecular complexity index is 1170. The normalized spacial score (nSPS) is 21.0. The van der Waals surface area contributed by atoms with Crippen molar-refractivity contribution in [1.82, 2.24) is 20.1 Å². The van der Waals surface area contributed by atoms with Gasteiger partial charge in [0, 0.05) is 49.6 Å². The van der Waals surface area contributed by atoms with E-state index in [4.69, 9.17) is 0 Å². The third-order valence-electron chi connectivity index (χ3n) is 6.76. The molecule has 3 aromatic rings. The van der Waals surface area contributed by atoms with Crippen LogP contribution in [0.2, 0.25) is 0 Å². The number of para-hydroxylation sites is 1. The molecule has 1 aromatic heterocycles. The van der Waals surface area contributed by atoms with E-state index >= 15 is 0 Å². The van der Waals surface area contributed by atoms with E-state index in [1.165, 1.54) is 5.56 Å². The van der Waals surface area contributed by atoms with Crippen molar-refractivity contribution < 1.29 is 14.4 Å². The number of carbonyl (C=O) groups is 3. The second-order valence-corrected chi connectivity index (χ2v) is 8.83. The number of fused-ring (bicyclic) bond motifs is 1.